The molecule has 2 atom stereocenters. The summed E-state index contributed by atoms with van der Waals surface area (Å²) in [5.74, 6) is 2.31. The van der Waals surface area contributed by atoms with Crippen LogP contribution in [0.5, 0.6) is 0 Å². The highest BCUT2D eigenvalue weighted by atomic mass is 32.2. The molecule has 0 aliphatic carbocycles. The van der Waals surface area contributed by atoms with E-state index in [1.807, 2.05) is 11.8 Å². The van der Waals surface area contributed by atoms with E-state index in [0.29, 0.717) is 12.5 Å². The van der Waals surface area contributed by atoms with Crippen molar-refractivity contribution < 1.29 is 9.90 Å². The SMILES string of the molecule is NCC(CC(=O)O)C1CCCSC1. The van der Waals surface area contributed by atoms with Gasteiger partial charge in [0.25, 0.3) is 0 Å². The molecular weight excluding hydrogens is 186 g/mol. The molecule has 0 aromatic carbocycles. The van der Waals surface area contributed by atoms with E-state index < -0.39 is 5.97 Å². The lowest BCUT2D eigenvalue weighted by Gasteiger charge is -2.27. The molecule has 3 N–H and O–H groups in total. The maximum Gasteiger partial charge on any atom is 0.303 e. The second-order valence-electron chi connectivity index (χ2n) is 3.57. The minimum atomic E-state index is -0.717. The fraction of sp³-hybridized carbons (Fsp3) is 0.889. The molecular formula is C9H17NO2S. The molecule has 76 valence electrons. The first-order valence-electron chi connectivity index (χ1n) is 4.73. The standard InChI is InChI=1S/C9H17NO2S/c10-5-8(4-9(11)12)7-2-1-3-13-6-7/h7-8H,1-6,10H2,(H,11,12). The molecule has 13 heavy (non-hydrogen) atoms. The van der Waals surface area contributed by atoms with Crippen molar-refractivity contribution in [3.8, 4) is 0 Å². The van der Waals surface area contributed by atoms with Crippen LogP contribution in [0.2, 0.25) is 0 Å². The molecule has 1 aliphatic rings. The second-order valence-corrected chi connectivity index (χ2v) is 4.72. The molecule has 4 heteroatoms. The predicted octanol–water partition coefficient (Wildman–Crippen LogP) is 1.18. The van der Waals surface area contributed by atoms with Gasteiger partial charge in [0.05, 0.1) is 0 Å². The first-order valence-corrected chi connectivity index (χ1v) is 5.89. The van der Waals surface area contributed by atoms with Gasteiger partial charge in [-0.15, -0.1) is 0 Å². The van der Waals surface area contributed by atoms with Gasteiger partial charge in [-0.1, -0.05) is 0 Å². The van der Waals surface area contributed by atoms with Gasteiger partial charge in [-0.2, -0.15) is 11.8 Å². The molecule has 0 radical (unpaired) electrons. The summed E-state index contributed by atoms with van der Waals surface area (Å²) in [6.07, 6.45) is 2.61. The summed E-state index contributed by atoms with van der Waals surface area (Å²) >= 11 is 1.93. The van der Waals surface area contributed by atoms with Gasteiger partial charge in [-0.3, -0.25) is 4.79 Å². The molecule has 1 heterocycles. The van der Waals surface area contributed by atoms with Crippen LogP contribution < -0.4 is 5.73 Å². The van der Waals surface area contributed by atoms with E-state index in [1.54, 1.807) is 0 Å². The summed E-state index contributed by atoms with van der Waals surface area (Å²) in [6.45, 7) is 0.511. The minimum absolute atomic E-state index is 0.185. The summed E-state index contributed by atoms with van der Waals surface area (Å²) in [6, 6.07) is 0. The Labute approximate surface area is 83.1 Å². The molecule has 2 unspecified atom stereocenters. The first kappa shape index (κ1) is 10.9. The smallest absolute Gasteiger partial charge is 0.303 e. The Kier molecular flexibility index (Phi) is 4.59. The Bertz CT molecular complexity index is 169. The number of hydrogen-bond donors (Lipinski definition) is 2. The van der Waals surface area contributed by atoms with Crippen LogP contribution in [0.15, 0.2) is 0 Å². The molecule has 0 aromatic heterocycles. The van der Waals surface area contributed by atoms with E-state index in [1.165, 1.54) is 12.2 Å². The Hall–Kier alpha value is -0.220. The quantitative estimate of drug-likeness (QED) is 0.720. The van der Waals surface area contributed by atoms with Gasteiger partial charge >= 0.3 is 5.97 Å². The van der Waals surface area contributed by atoms with Crippen molar-refractivity contribution in [2.75, 3.05) is 18.1 Å². The average Bonchev–Trinajstić information content (AvgIpc) is 2.15. The second kappa shape index (κ2) is 5.50. The van der Waals surface area contributed by atoms with Crippen molar-refractivity contribution in [1.29, 1.82) is 0 Å². The van der Waals surface area contributed by atoms with Gasteiger partial charge in [0.15, 0.2) is 0 Å². The number of thioether (sulfide) groups is 1. The van der Waals surface area contributed by atoms with Crippen molar-refractivity contribution in [2.45, 2.75) is 19.3 Å². The summed E-state index contributed by atoms with van der Waals surface area (Å²) in [4.78, 5) is 10.5. The van der Waals surface area contributed by atoms with E-state index in [2.05, 4.69) is 0 Å². The number of rotatable bonds is 4. The van der Waals surface area contributed by atoms with Crippen LogP contribution in [-0.4, -0.2) is 29.1 Å². The lowest BCUT2D eigenvalue weighted by molar-refractivity contribution is -0.138. The predicted molar refractivity (Wildman–Crippen MR) is 54.8 cm³/mol. The normalized spacial score (nSPS) is 25.5. The number of carbonyl (C=O) groups is 1. The Morgan fingerprint density at radius 3 is 2.92 bits per heavy atom. The van der Waals surface area contributed by atoms with E-state index in [9.17, 15) is 4.79 Å². The van der Waals surface area contributed by atoms with Gasteiger partial charge in [-0.25, -0.2) is 0 Å². The molecule has 3 nitrogen and oxygen atoms in total. The average molecular weight is 203 g/mol. The Balaban J connectivity index is 2.39. The monoisotopic (exact) mass is 203 g/mol. The van der Waals surface area contributed by atoms with Crippen molar-refractivity contribution in [3.63, 3.8) is 0 Å². The van der Waals surface area contributed by atoms with E-state index in [4.69, 9.17) is 10.8 Å². The lowest BCUT2D eigenvalue weighted by atomic mass is 9.87. The topological polar surface area (TPSA) is 63.3 Å². The van der Waals surface area contributed by atoms with Crippen LogP contribution >= 0.6 is 11.8 Å². The van der Waals surface area contributed by atoms with Gasteiger partial charge in [0.1, 0.15) is 0 Å². The molecule has 1 saturated heterocycles. The van der Waals surface area contributed by atoms with Crippen LogP contribution in [0.1, 0.15) is 19.3 Å². The maximum absolute atomic E-state index is 10.5. The van der Waals surface area contributed by atoms with Crippen molar-refractivity contribution in [1.82, 2.24) is 0 Å². The van der Waals surface area contributed by atoms with Crippen molar-refractivity contribution >= 4 is 17.7 Å². The zero-order valence-electron chi connectivity index (χ0n) is 7.74. The molecule has 1 rings (SSSR count). The van der Waals surface area contributed by atoms with Crippen LogP contribution in [0.25, 0.3) is 0 Å². The highest BCUT2D eigenvalue weighted by Gasteiger charge is 2.24. The van der Waals surface area contributed by atoms with Gasteiger partial charge in [0, 0.05) is 6.42 Å². The third-order valence-corrected chi connectivity index (χ3v) is 3.84. The molecule has 0 bridgehead atoms. The van der Waals surface area contributed by atoms with E-state index in [0.717, 1.165) is 12.2 Å². The van der Waals surface area contributed by atoms with Crippen molar-refractivity contribution in [3.05, 3.63) is 0 Å². The lowest BCUT2D eigenvalue weighted by Crippen LogP contribution is -2.29. The van der Waals surface area contributed by atoms with Crippen LogP contribution in [0.4, 0.5) is 0 Å². The molecule has 0 spiro atoms. The van der Waals surface area contributed by atoms with Crippen LogP contribution in [-0.2, 0) is 4.79 Å². The Morgan fingerprint density at radius 2 is 2.46 bits per heavy atom. The highest BCUT2D eigenvalue weighted by Crippen LogP contribution is 2.29. The van der Waals surface area contributed by atoms with E-state index in [-0.39, 0.29) is 12.3 Å². The van der Waals surface area contributed by atoms with Gasteiger partial charge in [-0.05, 0) is 42.7 Å². The largest absolute Gasteiger partial charge is 0.481 e. The summed E-state index contributed by atoms with van der Waals surface area (Å²) in [5, 5.41) is 8.68. The summed E-state index contributed by atoms with van der Waals surface area (Å²) in [5.41, 5.74) is 5.58. The molecule has 1 fully saturated rings. The number of aliphatic carboxylic acids is 1. The number of nitrogens with two attached hydrogens (primary N) is 1. The summed E-state index contributed by atoms with van der Waals surface area (Å²) in [7, 11) is 0. The van der Waals surface area contributed by atoms with Crippen molar-refractivity contribution in [2.24, 2.45) is 17.6 Å². The minimum Gasteiger partial charge on any atom is -0.481 e. The molecule has 0 saturated carbocycles. The molecule has 1 aliphatic heterocycles. The molecule has 0 aromatic rings. The molecule has 0 amide bonds. The zero-order valence-corrected chi connectivity index (χ0v) is 8.55. The Morgan fingerprint density at radius 1 is 1.69 bits per heavy atom. The van der Waals surface area contributed by atoms with Gasteiger partial charge in [0.2, 0.25) is 0 Å². The van der Waals surface area contributed by atoms with Crippen LogP contribution in [0.3, 0.4) is 0 Å². The third kappa shape index (κ3) is 3.56. The number of carboxylic acid groups (broad SMARTS) is 1. The number of carboxylic acids is 1. The summed E-state index contributed by atoms with van der Waals surface area (Å²) < 4.78 is 0. The zero-order chi connectivity index (χ0) is 9.68. The third-order valence-electron chi connectivity index (χ3n) is 2.60. The number of hydrogen-bond acceptors (Lipinski definition) is 3. The first-order chi connectivity index (χ1) is 6.24. The fourth-order valence-electron chi connectivity index (χ4n) is 1.80. The van der Waals surface area contributed by atoms with E-state index >= 15 is 0 Å². The fourth-order valence-corrected chi connectivity index (χ4v) is 3.08. The van der Waals surface area contributed by atoms with Gasteiger partial charge < -0.3 is 10.8 Å². The highest BCUT2D eigenvalue weighted by molar-refractivity contribution is 7.99. The maximum atomic E-state index is 10.5. The van der Waals surface area contributed by atoms with Crippen LogP contribution in [0, 0.1) is 11.8 Å².